The van der Waals surface area contributed by atoms with Gasteiger partial charge in [-0.15, -0.1) is 0 Å². The van der Waals surface area contributed by atoms with E-state index < -0.39 is 14.9 Å². The molecule has 11 heteroatoms. The minimum atomic E-state index is -3.85. The molecule has 0 spiro atoms. The van der Waals surface area contributed by atoms with Crippen molar-refractivity contribution in [3.05, 3.63) is 52.2 Å². The molecule has 1 saturated heterocycles. The van der Waals surface area contributed by atoms with Gasteiger partial charge >= 0.3 is 0 Å². The molecule has 1 saturated carbocycles. The molecule has 1 aliphatic carbocycles. The zero-order chi connectivity index (χ0) is 24.1. The number of morpholine rings is 1. The van der Waals surface area contributed by atoms with Crippen LogP contribution in [-0.4, -0.2) is 50.7 Å². The molecule has 0 unspecified atom stereocenters. The maximum absolute atomic E-state index is 12.9. The number of pyridine rings is 1. The van der Waals surface area contributed by atoms with Crippen molar-refractivity contribution < 1.29 is 18.1 Å². The maximum Gasteiger partial charge on any atom is 0.293 e. The normalized spacial score (nSPS) is 21.3. The molecular formula is C23H31N5O5S. The minimum Gasteiger partial charge on any atom is -0.378 e. The molecule has 1 aromatic carbocycles. The first-order chi connectivity index (χ1) is 16.3. The van der Waals surface area contributed by atoms with Crippen molar-refractivity contribution in [2.75, 3.05) is 36.5 Å². The number of anilines is 2. The van der Waals surface area contributed by atoms with E-state index in [0.717, 1.165) is 56.2 Å². The summed E-state index contributed by atoms with van der Waals surface area (Å²) in [6.07, 6.45) is 5.21. The Balaban J connectivity index is 1.50. The molecule has 1 aromatic heterocycles. The second kappa shape index (κ2) is 10.7. The number of nitro groups is 1. The first-order valence-corrected chi connectivity index (χ1v) is 13.1. The monoisotopic (exact) mass is 489 g/mol. The number of rotatable bonds is 8. The van der Waals surface area contributed by atoms with E-state index in [1.807, 2.05) is 12.1 Å². The van der Waals surface area contributed by atoms with E-state index in [9.17, 15) is 18.5 Å². The van der Waals surface area contributed by atoms with E-state index in [1.165, 1.54) is 12.1 Å². The van der Waals surface area contributed by atoms with E-state index in [4.69, 9.17) is 4.74 Å². The van der Waals surface area contributed by atoms with Crippen LogP contribution in [0.25, 0.3) is 0 Å². The minimum absolute atomic E-state index is 0.0984. The van der Waals surface area contributed by atoms with Crippen molar-refractivity contribution in [1.82, 2.24) is 9.71 Å². The number of nitrogens with one attached hydrogen (secondary N) is 2. The van der Waals surface area contributed by atoms with E-state index in [-0.39, 0.29) is 22.3 Å². The Morgan fingerprint density at radius 2 is 1.91 bits per heavy atom. The van der Waals surface area contributed by atoms with Crippen molar-refractivity contribution in [3.8, 4) is 0 Å². The first-order valence-electron chi connectivity index (χ1n) is 11.6. The van der Waals surface area contributed by atoms with Gasteiger partial charge < -0.3 is 15.0 Å². The molecule has 1 aliphatic heterocycles. The lowest BCUT2D eigenvalue weighted by Gasteiger charge is -2.29. The summed E-state index contributed by atoms with van der Waals surface area (Å²) in [5.41, 5.74) is 0.868. The van der Waals surface area contributed by atoms with Crippen LogP contribution in [-0.2, 0) is 21.3 Å². The summed E-state index contributed by atoms with van der Waals surface area (Å²) < 4.78 is 33.9. The lowest BCUT2D eigenvalue weighted by Crippen LogP contribution is -2.37. The quantitative estimate of drug-likeness (QED) is 0.427. The molecule has 2 aromatic rings. The van der Waals surface area contributed by atoms with Gasteiger partial charge in [0, 0.05) is 43.5 Å². The number of aromatic nitrogens is 1. The third kappa shape index (κ3) is 5.83. The number of hydrogen-bond donors (Lipinski definition) is 2. The van der Waals surface area contributed by atoms with Gasteiger partial charge in [-0.25, -0.2) is 18.1 Å². The summed E-state index contributed by atoms with van der Waals surface area (Å²) in [5, 5.41) is 14.9. The van der Waals surface area contributed by atoms with E-state index >= 15 is 0 Å². The lowest BCUT2D eigenvalue weighted by molar-refractivity contribution is -0.384. The maximum atomic E-state index is 12.9. The molecule has 4 rings (SSSR count). The highest BCUT2D eigenvalue weighted by Gasteiger charge is 2.26. The van der Waals surface area contributed by atoms with Gasteiger partial charge in [-0.1, -0.05) is 13.0 Å². The average Bonchev–Trinajstić information content (AvgIpc) is 2.84. The second-order valence-corrected chi connectivity index (χ2v) is 10.7. The van der Waals surface area contributed by atoms with Crippen LogP contribution in [0.4, 0.5) is 17.2 Å². The van der Waals surface area contributed by atoms with Crippen LogP contribution in [0.1, 0.15) is 38.2 Å². The van der Waals surface area contributed by atoms with Crippen molar-refractivity contribution in [2.45, 2.75) is 50.1 Å². The standard InChI is InChI=1S/C23H31N5O5S/c1-17-4-6-19(7-5-17)26-34(31,32)20-8-9-21(22(15-20)28(29)30)25-16-18-3-2-10-24-23(18)27-11-13-33-14-12-27/h2-3,8-10,15,17,19,25-26H,4-7,11-14,16H2,1H3. The number of ether oxygens (including phenoxy) is 1. The fourth-order valence-electron chi connectivity index (χ4n) is 4.46. The molecule has 0 amide bonds. The highest BCUT2D eigenvalue weighted by Crippen LogP contribution is 2.30. The number of benzene rings is 1. The summed E-state index contributed by atoms with van der Waals surface area (Å²) >= 11 is 0. The Hall–Kier alpha value is -2.76. The smallest absolute Gasteiger partial charge is 0.293 e. The molecule has 2 heterocycles. The molecule has 184 valence electrons. The topological polar surface area (TPSA) is 127 Å². The molecule has 2 N–H and O–H groups in total. The van der Waals surface area contributed by atoms with Crippen LogP contribution in [0.2, 0.25) is 0 Å². The van der Waals surface area contributed by atoms with E-state index in [2.05, 4.69) is 26.8 Å². The molecule has 0 atom stereocenters. The fraction of sp³-hybridized carbons (Fsp3) is 0.522. The fourth-order valence-corrected chi connectivity index (χ4v) is 5.79. The average molecular weight is 490 g/mol. The van der Waals surface area contributed by atoms with Crippen LogP contribution in [0.3, 0.4) is 0 Å². The molecule has 10 nitrogen and oxygen atoms in total. The highest BCUT2D eigenvalue weighted by atomic mass is 32.2. The Morgan fingerprint density at radius 1 is 1.18 bits per heavy atom. The number of nitro benzene ring substituents is 1. The molecule has 0 radical (unpaired) electrons. The van der Waals surface area contributed by atoms with Gasteiger partial charge in [0.2, 0.25) is 10.0 Å². The first kappa shape index (κ1) is 24.4. The third-order valence-corrected chi connectivity index (χ3v) is 7.98. The van der Waals surface area contributed by atoms with Gasteiger partial charge in [0.25, 0.3) is 5.69 Å². The van der Waals surface area contributed by atoms with Crippen molar-refractivity contribution in [1.29, 1.82) is 0 Å². The van der Waals surface area contributed by atoms with Gasteiger partial charge in [-0.2, -0.15) is 0 Å². The van der Waals surface area contributed by atoms with E-state index in [0.29, 0.717) is 25.7 Å². The van der Waals surface area contributed by atoms with Crippen molar-refractivity contribution >= 4 is 27.2 Å². The largest absolute Gasteiger partial charge is 0.378 e. The zero-order valence-corrected chi connectivity index (χ0v) is 20.1. The Kier molecular flexibility index (Phi) is 7.64. The summed E-state index contributed by atoms with van der Waals surface area (Å²) in [7, 11) is -3.85. The Labute approximate surface area is 199 Å². The van der Waals surface area contributed by atoms with Gasteiger partial charge in [0.05, 0.1) is 23.0 Å². The zero-order valence-electron chi connectivity index (χ0n) is 19.3. The van der Waals surface area contributed by atoms with Gasteiger partial charge in [0.1, 0.15) is 11.5 Å². The Bertz CT molecular complexity index is 1110. The van der Waals surface area contributed by atoms with E-state index in [1.54, 1.807) is 6.20 Å². The van der Waals surface area contributed by atoms with Crippen molar-refractivity contribution in [2.24, 2.45) is 5.92 Å². The van der Waals surface area contributed by atoms with Crippen LogP contribution in [0, 0.1) is 16.0 Å². The molecular weight excluding hydrogens is 458 g/mol. The lowest BCUT2D eigenvalue weighted by atomic mass is 9.88. The molecule has 34 heavy (non-hydrogen) atoms. The van der Waals surface area contributed by atoms with Gasteiger partial charge in [-0.05, 0) is 49.8 Å². The van der Waals surface area contributed by atoms with Crippen LogP contribution in [0.15, 0.2) is 41.4 Å². The van der Waals surface area contributed by atoms with Crippen LogP contribution >= 0.6 is 0 Å². The summed E-state index contributed by atoms with van der Waals surface area (Å²) in [5.74, 6) is 1.40. The molecule has 2 fully saturated rings. The SMILES string of the molecule is CC1CCC(NS(=O)(=O)c2ccc(NCc3cccnc3N3CCOCC3)c([N+](=O)[O-])c2)CC1. The van der Waals surface area contributed by atoms with Crippen LogP contribution in [0.5, 0.6) is 0 Å². The highest BCUT2D eigenvalue weighted by molar-refractivity contribution is 7.89. The second-order valence-electron chi connectivity index (χ2n) is 8.95. The van der Waals surface area contributed by atoms with Crippen LogP contribution < -0.4 is 14.9 Å². The van der Waals surface area contributed by atoms with Crippen molar-refractivity contribution in [3.63, 3.8) is 0 Å². The molecule has 0 bridgehead atoms. The number of hydrogen-bond acceptors (Lipinski definition) is 8. The number of sulfonamides is 1. The third-order valence-electron chi connectivity index (χ3n) is 6.46. The molecule has 2 aliphatic rings. The predicted molar refractivity (Wildman–Crippen MR) is 129 cm³/mol. The van der Waals surface area contributed by atoms with Gasteiger partial charge in [-0.3, -0.25) is 10.1 Å². The predicted octanol–water partition coefficient (Wildman–Crippen LogP) is 3.30. The summed E-state index contributed by atoms with van der Waals surface area (Å²) in [6, 6.07) is 7.60. The summed E-state index contributed by atoms with van der Waals surface area (Å²) in [4.78, 5) is 17.7. The number of nitrogens with zero attached hydrogens (tertiary/aromatic N) is 3. The van der Waals surface area contributed by atoms with Gasteiger partial charge in [0.15, 0.2) is 0 Å². The summed E-state index contributed by atoms with van der Waals surface area (Å²) in [6.45, 7) is 5.17. The Morgan fingerprint density at radius 3 is 2.62 bits per heavy atom.